The normalized spacial score (nSPS) is 27.5. The van der Waals surface area contributed by atoms with Crippen molar-refractivity contribution in [1.29, 1.82) is 0 Å². The van der Waals surface area contributed by atoms with Gasteiger partial charge in [0, 0.05) is 37.3 Å². The zero-order chi connectivity index (χ0) is 19.6. The number of hydrogen-bond acceptors (Lipinski definition) is 4. The van der Waals surface area contributed by atoms with Crippen molar-refractivity contribution in [1.82, 2.24) is 9.21 Å². The molecular formula is C20H31N3O3S. The van der Waals surface area contributed by atoms with Crippen molar-refractivity contribution < 1.29 is 13.2 Å². The third kappa shape index (κ3) is 4.20. The Kier molecular flexibility index (Phi) is 6.23. The molecule has 2 saturated heterocycles. The summed E-state index contributed by atoms with van der Waals surface area (Å²) < 4.78 is 27.4. The second kappa shape index (κ2) is 8.29. The van der Waals surface area contributed by atoms with Gasteiger partial charge in [0.15, 0.2) is 0 Å². The van der Waals surface area contributed by atoms with Gasteiger partial charge < -0.3 is 10.6 Å². The molecule has 0 aromatic heterocycles. The third-order valence-electron chi connectivity index (χ3n) is 5.96. The number of nitrogens with two attached hydrogens (primary N) is 1. The van der Waals surface area contributed by atoms with Crippen LogP contribution in [-0.2, 0) is 10.0 Å². The molecule has 2 aliphatic heterocycles. The summed E-state index contributed by atoms with van der Waals surface area (Å²) in [7, 11) is -3.51. The Hall–Kier alpha value is -1.44. The summed E-state index contributed by atoms with van der Waals surface area (Å²) in [5, 5.41) is 0. The van der Waals surface area contributed by atoms with Crippen molar-refractivity contribution in [2.75, 3.05) is 19.6 Å². The maximum absolute atomic E-state index is 12.9. The van der Waals surface area contributed by atoms with Crippen LogP contribution in [0.3, 0.4) is 0 Å². The molecule has 27 heavy (non-hydrogen) atoms. The van der Waals surface area contributed by atoms with Gasteiger partial charge in [0.25, 0.3) is 5.91 Å². The van der Waals surface area contributed by atoms with Crippen molar-refractivity contribution in [2.24, 2.45) is 11.7 Å². The predicted octanol–water partition coefficient (Wildman–Crippen LogP) is 2.45. The Morgan fingerprint density at radius 1 is 1.11 bits per heavy atom. The average Bonchev–Trinajstić information content (AvgIpc) is 2.67. The molecule has 2 N–H and O–H groups in total. The maximum atomic E-state index is 12.9. The van der Waals surface area contributed by atoms with Gasteiger partial charge in [0.1, 0.15) is 0 Å². The van der Waals surface area contributed by atoms with Gasteiger partial charge in [-0.15, -0.1) is 0 Å². The topological polar surface area (TPSA) is 83.7 Å². The summed E-state index contributed by atoms with van der Waals surface area (Å²) in [5.74, 6) is 0.509. The van der Waals surface area contributed by atoms with Crippen LogP contribution in [0.4, 0.5) is 0 Å². The van der Waals surface area contributed by atoms with E-state index in [9.17, 15) is 13.2 Å². The molecule has 3 rings (SSSR count). The van der Waals surface area contributed by atoms with Crippen LogP contribution in [0.25, 0.3) is 0 Å². The largest absolute Gasteiger partial charge is 0.334 e. The molecule has 1 aromatic carbocycles. The number of nitrogens with zero attached hydrogens (tertiary/aromatic N) is 2. The van der Waals surface area contributed by atoms with E-state index in [1.165, 1.54) is 0 Å². The molecule has 3 atom stereocenters. The fourth-order valence-electron chi connectivity index (χ4n) is 4.24. The summed E-state index contributed by atoms with van der Waals surface area (Å²) in [6.07, 6.45) is 4.75. The number of amides is 1. The van der Waals surface area contributed by atoms with Crippen molar-refractivity contribution in [2.45, 2.75) is 62.9 Å². The van der Waals surface area contributed by atoms with E-state index in [1.807, 2.05) is 11.8 Å². The summed E-state index contributed by atoms with van der Waals surface area (Å²) in [6.45, 7) is 5.86. The summed E-state index contributed by atoms with van der Waals surface area (Å²) >= 11 is 0. The van der Waals surface area contributed by atoms with Crippen LogP contribution >= 0.6 is 0 Å². The number of likely N-dealkylation sites (tertiary alicyclic amines) is 1. The fraction of sp³-hybridized carbons (Fsp3) is 0.650. The lowest BCUT2D eigenvalue weighted by Gasteiger charge is -2.38. The van der Waals surface area contributed by atoms with Crippen molar-refractivity contribution in [3.63, 3.8) is 0 Å². The van der Waals surface area contributed by atoms with E-state index in [4.69, 9.17) is 5.73 Å². The van der Waals surface area contributed by atoms with Gasteiger partial charge in [-0.25, -0.2) is 8.42 Å². The predicted molar refractivity (Wildman–Crippen MR) is 106 cm³/mol. The molecule has 0 saturated carbocycles. The van der Waals surface area contributed by atoms with E-state index in [-0.39, 0.29) is 22.9 Å². The molecule has 7 heteroatoms. The van der Waals surface area contributed by atoms with E-state index >= 15 is 0 Å². The molecule has 1 aromatic rings. The van der Waals surface area contributed by atoms with Crippen LogP contribution in [0.15, 0.2) is 29.2 Å². The second-order valence-electron chi connectivity index (χ2n) is 8.00. The summed E-state index contributed by atoms with van der Waals surface area (Å²) in [5.41, 5.74) is 6.39. The molecule has 150 valence electrons. The van der Waals surface area contributed by atoms with Gasteiger partial charge in [-0.3, -0.25) is 4.79 Å². The number of piperidine rings is 2. The highest BCUT2D eigenvalue weighted by Crippen LogP contribution is 2.27. The van der Waals surface area contributed by atoms with Crippen LogP contribution in [0, 0.1) is 5.92 Å². The maximum Gasteiger partial charge on any atom is 0.254 e. The molecule has 0 bridgehead atoms. The molecule has 1 amide bonds. The molecular weight excluding hydrogens is 362 g/mol. The Bertz CT molecular complexity index is 763. The highest BCUT2D eigenvalue weighted by Gasteiger charge is 2.32. The third-order valence-corrected chi connectivity index (χ3v) is 7.99. The Morgan fingerprint density at radius 3 is 2.44 bits per heavy atom. The van der Waals surface area contributed by atoms with Gasteiger partial charge in [-0.05, 0) is 62.8 Å². The Balaban J connectivity index is 1.77. The van der Waals surface area contributed by atoms with Gasteiger partial charge in [0.05, 0.1) is 4.90 Å². The number of rotatable bonds is 4. The minimum absolute atomic E-state index is 0.0192. The first-order chi connectivity index (χ1) is 12.8. The van der Waals surface area contributed by atoms with Crippen LogP contribution in [0.2, 0.25) is 0 Å². The van der Waals surface area contributed by atoms with E-state index in [1.54, 1.807) is 28.6 Å². The lowest BCUT2D eigenvalue weighted by molar-refractivity contribution is 0.0573. The first kappa shape index (κ1) is 20.3. The van der Waals surface area contributed by atoms with E-state index < -0.39 is 10.0 Å². The van der Waals surface area contributed by atoms with Crippen molar-refractivity contribution in [3.8, 4) is 0 Å². The Labute approximate surface area is 162 Å². The SMILES string of the molecule is CC1CCN(C(=O)c2ccc(S(=O)(=O)N3CCCCC3C)cc2)C(CN)C1. The van der Waals surface area contributed by atoms with Crippen LogP contribution < -0.4 is 5.73 Å². The average molecular weight is 394 g/mol. The zero-order valence-corrected chi connectivity index (χ0v) is 17.1. The molecule has 2 aliphatic rings. The molecule has 3 unspecified atom stereocenters. The number of carbonyl (C=O) groups is 1. The Morgan fingerprint density at radius 2 is 1.81 bits per heavy atom. The number of carbonyl (C=O) groups excluding carboxylic acids is 1. The molecule has 2 fully saturated rings. The smallest absolute Gasteiger partial charge is 0.254 e. The lowest BCUT2D eigenvalue weighted by atomic mass is 9.92. The van der Waals surface area contributed by atoms with Crippen LogP contribution in [0.1, 0.15) is 56.3 Å². The monoisotopic (exact) mass is 393 g/mol. The fourth-order valence-corrected chi connectivity index (χ4v) is 5.94. The first-order valence-corrected chi connectivity index (χ1v) is 11.4. The summed E-state index contributed by atoms with van der Waals surface area (Å²) in [6, 6.07) is 6.47. The van der Waals surface area contributed by atoms with Gasteiger partial charge in [-0.1, -0.05) is 13.3 Å². The first-order valence-electron chi connectivity index (χ1n) is 9.97. The van der Waals surface area contributed by atoms with Crippen molar-refractivity contribution in [3.05, 3.63) is 29.8 Å². The van der Waals surface area contributed by atoms with E-state index in [0.717, 1.165) is 32.1 Å². The molecule has 0 aliphatic carbocycles. The van der Waals surface area contributed by atoms with Crippen LogP contribution in [-0.4, -0.2) is 55.2 Å². The lowest BCUT2D eigenvalue weighted by Crippen LogP contribution is -2.49. The van der Waals surface area contributed by atoms with E-state index in [2.05, 4.69) is 6.92 Å². The molecule has 6 nitrogen and oxygen atoms in total. The molecule has 0 radical (unpaired) electrons. The number of benzene rings is 1. The summed E-state index contributed by atoms with van der Waals surface area (Å²) in [4.78, 5) is 15.0. The van der Waals surface area contributed by atoms with E-state index in [0.29, 0.717) is 31.1 Å². The van der Waals surface area contributed by atoms with Crippen molar-refractivity contribution >= 4 is 15.9 Å². The second-order valence-corrected chi connectivity index (χ2v) is 9.89. The standard InChI is InChI=1S/C20H31N3O3S/c1-15-10-12-22(18(13-15)14-21)20(24)17-6-8-19(9-7-17)27(25,26)23-11-4-3-5-16(23)2/h6-9,15-16,18H,3-5,10-14,21H2,1-2H3. The molecule has 2 heterocycles. The number of sulfonamides is 1. The minimum Gasteiger partial charge on any atom is -0.334 e. The van der Waals surface area contributed by atoms with Gasteiger partial charge >= 0.3 is 0 Å². The van der Waals surface area contributed by atoms with Gasteiger partial charge in [0.2, 0.25) is 10.0 Å². The molecule has 0 spiro atoms. The number of hydrogen-bond donors (Lipinski definition) is 1. The van der Waals surface area contributed by atoms with Crippen LogP contribution in [0.5, 0.6) is 0 Å². The van der Waals surface area contributed by atoms with Gasteiger partial charge in [-0.2, -0.15) is 4.31 Å². The highest BCUT2D eigenvalue weighted by atomic mass is 32.2. The quantitative estimate of drug-likeness (QED) is 0.852. The zero-order valence-electron chi connectivity index (χ0n) is 16.3. The highest BCUT2D eigenvalue weighted by molar-refractivity contribution is 7.89. The minimum atomic E-state index is -3.51.